The van der Waals surface area contributed by atoms with Crippen molar-refractivity contribution in [3.8, 4) is 0 Å². The van der Waals surface area contributed by atoms with E-state index in [4.69, 9.17) is 5.73 Å². The van der Waals surface area contributed by atoms with Crippen molar-refractivity contribution in [2.45, 2.75) is 63.5 Å². The van der Waals surface area contributed by atoms with Gasteiger partial charge in [-0.25, -0.2) is 0 Å². The predicted octanol–water partition coefficient (Wildman–Crippen LogP) is 3.26. The van der Waals surface area contributed by atoms with Gasteiger partial charge in [-0.2, -0.15) is 0 Å². The van der Waals surface area contributed by atoms with Crippen molar-refractivity contribution in [2.24, 2.45) is 5.73 Å². The molecule has 1 fully saturated rings. The summed E-state index contributed by atoms with van der Waals surface area (Å²) in [5, 5.41) is 3.83. The molecule has 1 aliphatic carbocycles. The summed E-state index contributed by atoms with van der Waals surface area (Å²) in [5.41, 5.74) is 7.52. The van der Waals surface area contributed by atoms with Gasteiger partial charge in [0.15, 0.2) is 0 Å². The lowest BCUT2D eigenvalue weighted by Crippen LogP contribution is -2.53. The van der Waals surface area contributed by atoms with E-state index in [1.165, 1.54) is 37.7 Å². The molecule has 3 N–H and O–H groups in total. The maximum Gasteiger partial charge on any atom is 0.0281 e. The minimum atomic E-state index is 0.0812. The largest absolute Gasteiger partial charge is 0.329 e. The quantitative estimate of drug-likeness (QED) is 0.824. The van der Waals surface area contributed by atoms with E-state index in [1.54, 1.807) is 0 Å². The molecule has 0 heterocycles. The third-order valence-corrected chi connectivity index (χ3v) is 4.42. The number of rotatable bonds is 6. The fourth-order valence-electron chi connectivity index (χ4n) is 3.04. The Labute approximate surface area is 117 Å². The maximum atomic E-state index is 6.03. The zero-order valence-electron chi connectivity index (χ0n) is 12.2. The summed E-state index contributed by atoms with van der Waals surface area (Å²) in [7, 11) is 0. The summed E-state index contributed by atoms with van der Waals surface area (Å²) in [5.74, 6) is 0. The highest BCUT2D eigenvalue weighted by atomic mass is 15.0. The van der Waals surface area contributed by atoms with Crippen LogP contribution in [0, 0.1) is 0 Å². The van der Waals surface area contributed by atoms with Crippen LogP contribution in [-0.4, -0.2) is 18.1 Å². The van der Waals surface area contributed by atoms with Crippen molar-refractivity contribution < 1.29 is 0 Å². The van der Waals surface area contributed by atoms with Crippen molar-refractivity contribution in [1.82, 2.24) is 5.32 Å². The minimum absolute atomic E-state index is 0.0812. The molecule has 1 unspecified atom stereocenters. The fourth-order valence-corrected chi connectivity index (χ4v) is 3.04. The molecular weight excluding hydrogens is 232 g/mol. The van der Waals surface area contributed by atoms with Gasteiger partial charge in [0.25, 0.3) is 0 Å². The molecule has 0 saturated heterocycles. The second-order valence-corrected chi connectivity index (χ2v) is 6.23. The summed E-state index contributed by atoms with van der Waals surface area (Å²) in [6, 6.07) is 11.4. The molecule has 0 spiro atoms. The normalized spacial score (nSPS) is 20.1. The summed E-state index contributed by atoms with van der Waals surface area (Å²) in [6.45, 7) is 3.00. The Morgan fingerprint density at radius 3 is 2.47 bits per heavy atom. The first kappa shape index (κ1) is 14.5. The van der Waals surface area contributed by atoms with Crippen molar-refractivity contribution in [3.63, 3.8) is 0 Å². The van der Waals surface area contributed by atoms with Crippen LogP contribution in [-0.2, 0) is 6.42 Å². The van der Waals surface area contributed by atoms with Gasteiger partial charge in [0.05, 0.1) is 0 Å². The first-order valence-corrected chi connectivity index (χ1v) is 7.73. The average molecular weight is 260 g/mol. The number of hydrogen-bond acceptors (Lipinski definition) is 2. The van der Waals surface area contributed by atoms with Crippen molar-refractivity contribution in [2.75, 3.05) is 6.54 Å². The van der Waals surface area contributed by atoms with Crippen molar-refractivity contribution >= 4 is 0 Å². The van der Waals surface area contributed by atoms with Gasteiger partial charge in [-0.15, -0.1) is 0 Å². The molecule has 0 aromatic heterocycles. The van der Waals surface area contributed by atoms with Crippen LogP contribution in [0.2, 0.25) is 0 Å². The lowest BCUT2D eigenvalue weighted by Gasteiger charge is -2.36. The molecule has 2 heteroatoms. The third kappa shape index (κ3) is 4.63. The Hall–Kier alpha value is -0.860. The Kier molecular flexibility index (Phi) is 5.41. The fraction of sp³-hybridized carbons (Fsp3) is 0.647. The van der Waals surface area contributed by atoms with E-state index in [1.807, 2.05) is 0 Å². The number of hydrogen-bond donors (Lipinski definition) is 2. The van der Waals surface area contributed by atoms with E-state index in [0.717, 1.165) is 19.4 Å². The van der Waals surface area contributed by atoms with Crippen LogP contribution < -0.4 is 11.1 Å². The molecule has 1 aromatic carbocycles. The monoisotopic (exact) mass is 260 g/mol. The Balaban J connectivity index is 1.86. The van der Waals surface area contributed by atoms with Gasteiger partial charge >= 0.3 is 0 Å². The SMILES string of the molecule is CC(CN)(CCc1ccccc1)NC1CCCCC1. The topological polar surface area (TPSA) is 38.0 Å². The first-order valence-electron chi connectivity index (χ1n) is 7.73. The molecule has 0 bridgehead atoms. The molecule has 1 aliphatic rings. The molecule has 1 saturated carbocycles. The van der Waals surface area contributed by atoms with Gasteiger partial charge in [0, 0.05) is 18.1 Å². The molecule has 0 amide bonds. The number of nitrogens with one attached hydrogen (secondary N) is 1. The van der Waals surface area contributed by atoms with E-state index < -0.39 is 0 Å². The Morgan fingerprint density at radius 2 is 1.84 bits per heavy atom. The van der Waals surface area contributed by atoms with Crippen LogP contribution in [0.3, 0.4) is 0 Å². The molecular formula is C17H28N2. The molecule has 0 radical (unpaired) electrons. The number of aryl methyl sites for hydroxylation is 1. The number of nitrogens with two attached hydrogens (primary N) is 1. The van der Waals surface area contributed by atoms with E-state index in [-0.39, 0.29) is 5.54 Å². The highest BCUT2D eigenvalue weighted by Gasteiger charge is 2.26. The lowest BCUT2D eigenvalue weighted by atomic mass is 9.88. The van der Waals surface area contributed by atoms with Crippen LogP contribution in [0.4, 0.5) is 0 Å². The molecule has 19 heavy (non-hydrogen) atoms. The van der Waals surface area contributed by atoms with Crippen LogP contribution in [0.25, 0.3) is 0 Å². The summed E-state index contributed by atoms with van der Waals surface area (Å²) in [4.78, 5) is 0. The molecule has 2 nitrogen and oxygen atoms in total. The molecule has 1 atom stereocenters. The van der Waals surface area contributed by atoms with Crippen LogP contribution >= 0.6 is 0 Å². The average Bonchev–Trinajstić information content (AvgIpc) is 2.47. The summed E-state index contributed by atoms with van der Waals surface area (Å²) in [6.07, 6.45) is 9.01. The van der Waals surface area contributed by atoms with Gasteiger partial charge in [-0.1, -0.05) is 49.6 Å². The van der Waals surface area contributed by atoms with Gasteiger partial charge < -0.3 is 11.1 Å². The van der Waals surface area contributed by atoms with Crippen LogP contribution in [0.15, 0.2) is 30.3 Å². The molecule has 2 rings (SSSR count). The third-order valence-electron chi connectivity index (χ3n) is 4.42. The van der Waals surface area contributed by atoms with E-state index >= 15 is 0 Å². The van der Waals surface area contributed by atoms with Gasteiger partial charge in [-0.05, 0) is 38.2 Å². The summed E-state index contributed by atoms with van der Waals surface area (Å²) < 4.78 is 0. The van der Waals surface area contributed by atoms with Crippen LogP contribution in [0.1, 0.15) is 51.0 Å². The predicted molar refractivity (Wildman–Crippen MR) is 82.2 cm³/mol. The Bertz CT molecular complexity index is 357. The van der Waals surface area contributed by atoms with Gasteiger partial charge in [-0.3, -0.25) is 0 Å². The highest BCUT2D eigenvalue weighted by Crippen LogP contribution is 2.22. The lowest BCUT2D eigenvalue weighted by molar-refractivity contribution is 0.256. The molecule has 1 aromatic rings. The van der Waals surface area contributed by atoms with Crippen molar-refractivity contribution in [3.05, 3.63) is 35.9 Å². The highest BCUT2D eigenvalue weighted by molar-refractivity contribution is 5.15. The van der Waals surface area contributed by atoms with Crippen LogP contribution in [0.5, 0.6) is 0 Å². The first-order chi connectivity index (χ1) is 9.22. The maximum absolute atomic E-state index is 6.03. The number of benzene rings is 1. The van der Waals surface area contributed by atoms with Crippen molar-refractivity contribution in [1.29, 1.82) is 0 Å². The second kappa shape index (κ2) is 7.06. The summed E-state index contributed by atoms with van der Waals surface area (Å²) >= 11 is 0. The van der Waals surface area contributed by atoms with E-state index in [0.29, 0.717) is 6.04 Å². The standard InChI is InChI=1S/C17H28N2/c1-17(14-18,19-16-10-6-3-7-11-16)13-12-15-8-4-2-5-9-15/h2,4-5,8-9,16,19H,3,6-7,10-14,18H2,1H3. The smallest absolute Gasteiger partial charge is 0.0281 e. The second-order valence-electron chi connectivity index (χ2n) is 6.23. The van der Waals surface area contributed by atoms with Gasteiger partial charge in [0.1, 0.15) is 0 Å². The Morgan fingerprint density at radius 1 is 1.16 bits per heavy atom. The molecule has 0 aliphatic heterocycles. The zero-order chi connectivity index (χ0) is 13.6. The van der Waals surface area contributed by atoms with E-state index in [9.17, 15) is 0 Å². The van der Waals surface area contributed by atoms with Gasteiger partial charge in [0.2, 0.25) is 0 Å². The molecule has 106 valence electrons. The minimum Gasteiger partial charge on any atom is -0.329 e. The zero-order valence-corrected chi connectivity index (χ0v) is 12.2. The van der Waals surface area contributed by atoms with E-state index in [2.05, 4.69) is 42.6 Å².